The van der Waals surface area contributed by atoms with E-state index >= 15 is 0 Å². The number of hydrogen-bond acceptors (Lipinski definition) is 9. The lowest BCUT2D eigenvalue weighted by molar-refractivity contribution is 0.731. The normalized spacial score (nSPS) is 11.8. The molecule has 0 saturated heterocycles. The van der Waals surface area contributed by atoms with E-state index in [9.17, 15) is 10.1 Å². The Hall–Kier alpha value is -4.62. The number of thiazole rings is 1. The third-order valence-corrected chi connectivity index (χ3v) is 6.44. The van der Waals surface area contributed by atoms with Gasteiger partial charge >= 0.3 is 0 Å². The van der Waals surface area contributed by atoms with Crippen LogP contribution in [-0.4, -0.2) is 24.5 Å². The van der Waals surface area contributed by atoms with E-state index in [-0.39, 0.29) is 22.9 Å². The molecule has 1 atom stereocenters. The second-order valence-electron chi connectivity index (χ2n) is 7.86. The Morgan fingerprint density at radius 1 is 1.09 bits per heavy atom. The minimum atomic E-state index is -0.497. The molecule has 3 heterocycles. The standard InChI is InChI=1S/C25H20N8OS/c1-14(30-22-16(11-26)12-29-25(27)32-22)23-31-19-10-6-9-18(20-13-28-15(2)35-20)21(19)24(34)33(23)17-7-4-3-5-8-17/h3-10,12-14H,1-2H3,(H3,27,29,30,32). The third-order valence-electron chi connectivity index (χ3n) is 5.49. The van der Waals surface area contributed by atoms with Crippen LogP contribution in [-0.2, 0) is 0 Å². The van der Waals surface area contributed by atoms with Crippen molar-refractivity contribution < 1.29 is 0 Å². The Kier molecular flexibility index (Phi) is 5.68. The Balaban J connectivity index is 1.74. The van der Waals surface area contributed by atoms with Gasteiger partial charge in [0.1, 0.15) is 23.3 Å². The van der Waals surface area contributed by atoms with Crippen LogP contribution in [0.5, 0.6) is 0 Å². The number of nitrogen functional groups attached to an aromatic ring is 1. The molecule has 0 amide bonds. The first-order valence-corrected chi connectivity index (χ1v) is 11.6. The Morgan fingerprint density at radius 3 is 2.60 bits per heavy atom. The molecule has 35 heavy (non-hydrogen) atoms. The zero-order chi connectivity index (χ0) is 24.5. The average molecular weight is 481 g/mol. The second kappa shape index (κ2) is 8.96. The second-order valence-corrected chi connectivity index (χ2v) is 9.09. The predicted molar refractivity (Wildman–Crippen MR) is 136 cm³/mol. The van der Waals surface area contributed by atoms with E-state index < -0.39 is 6.04 Å². The molecule has 0 aliphatic carbocycles. The van der Waals surface area contributed by atoms with Gasteiger partial charge in [0.2, 0.25) is 5.95 Å². The summed E-state index contributed by atoms with van der Waals surface area (Å²) in [6.07, 6.45) is 3.14. The van der Waals surface area contributed by atoms with Gasteiger partial charge in [-0.2, -0.15) is 10.2 Å². The predicted octanol–water partition coefficient (Wildman–Crippen LogP) is 4.23. The van der Waals surface area contributed by atoms with Crippen molar-refractivity contribution in [2.24, 2.45) is 0 Å². The van der Waals surface area contributed by atoms with Gasteiger partial charge in [-0.3, -0.25) is 9.36 Å². The van der Waals surface area contributed by atoms with E-state index in [4.69, 9.17) is 10.7 Å². The van der Waals surface area contributed by atoms with Crippen molar-refractivity contribution in [3.05, 3.63) is 87.7 Å². The maximum absolute atomic E-state index is 14.1. The summed E-state index contributed by atoms with van der Waals surface area (Å²) in [4.78, 5) is 32.3. The first-order chi connectivity index (χ1) is 17.0. The molecule has 3 N–H and O–H groups in total. The molecule has 0 bridgehead atoms. The largest absolute Gasteiger partial charge is 0.368 e. The molecule has 1 unspecified atom stereocenters. The van der Waals surface area contributed by atoms with Gasteiger partial charge in [-0.05, 0) is 32.0 Å². The van der Waals surface area contributed by atoms with Gasteiger partial charge < -0.3 is 11.1 Å². The Labute approximate surface area is 204 Å². The number of anilines is 2. The van der Waals surface area contributed by atoms with Crippen LogP contribution < -0.4 is 16.6 Å². The molecular weight excluding hydrogens is 460 g/mol. The van der Waals surface area contributed by atoms with Crippen molar-refractivity contribution in [2.45, 2.75) is 19.9 Å². The maximum atomic E-state index is 14.1. The number of hydrogen-bond donors (Lipinski definition) is 2. The number of fused-ring (bicyclic) bond motifs is 1. The van der Waals surface area contributed by atoms with Crippen molar-refractivity contribution >= 4 is 34.0 Å². The topological polar surface area (TPSA) is 135 Å². The molecule has 2 aromatic carbocycles. The molecule has 0 radical (unpaired) electrons. The van der Waals surface area contributed by atoms with Crippen molar-refractivity contribution in [2.75, 3.05) is 11.1 Å². The minimum absolute atomic E-state index is 0.0371. The van der Waals surface area contributed by atoms with Gasteiger partial charge in [-0.25, -0.2) is 15.0 Å². The smallest absolute Gasteiger partial charge is 0.266 e. The molecule has 5 rings (SSSR count). The number of para-hydroxylation sites is 1. The van der Waals surface area contributed by atoms with Gasteiger partial charge in [-0.1, -0.05) is 30.3 Å². The molecule has 10 heteroatoms. The number of nitrogens with one attached hydrogen (secondary N) is 1. The molecule has 9 nitrogen and oxygen atoms in total. The maximum Gasteiger partial charge on any atom is 0.266 e. The van der Waals surface area contributed by atoms with Crippen LogP contribution in [0.2, 0.25) is 0 Å². The summed E-state index contributed by atoms with van der Waals surface area (Å²) in [6, 6.07) is 16.5. The fourth-order valence-electron chi connectivity index (χ4n) is 3.91. The quantitative estimate of drug-likeness (QED) is 0.381. The number of nitriles is 1. The summed E-state index contributed by atoms with van der Waals surface area (Å²) in [6.45, 7) is 3.78. The number of nitrogens with two attached hydrogens (primary N) is 1. The molecule has 0 fully saturated rings. The van der Waals surface area contributed by atoms with E-state index in [1.165, 1.54) is 17.5 Å². The van der Waals surface area contributed by atoms with Crippen molar-refractivity contribution in [1.29, 1.82) is 5.26 Å². The molecule has 0 aliphatic rings. The number of rotatable bonds is 5. The molecule has 0 saturated carbocycles. The summed E-state index contributed by atoms with van der Waals surface area (Å²) < 4.78 is 1.59. The van der Waals surface area contributed by atoms with Gasteiger partial charge in [-0.15, -0.1) is 11.3 Å². The monoisotopic (exact) mass is 480 g/mol. The molecular formula is C25H20N8OS. The highest BCUT2D eigenvalue weighted by Crippen LogP contribution is 2.31. The number of aryl methyl sites for hydroxylation is 1. The van der Waals surface area contributed by atoms with Crippen LogP contribution in [0.1, 0.15) is 29.4 Å². The summed E-state index contributed by atoms with van der Waals surface area (Å²) in [5, 5.41) is 14.1. The van der Waals surface area contributed by atoms with Gasteiger partial charge in [0.25, 0.3) is 5.56 Å². The zero-order valence-corrected chi connectivity index (χ0v) is 19.7. The van der Waals surface area contributed by atoms with E-state index in [1.807, 2.05) is 62.4 Å². The third kappa shape index (κ3) is 4.09. The lowest BCUT2D eigenvalue weighted by Crippen LogP contribution is -2.28. The first kappa shape index (κ1) is 22.2. The average Bonchev–Trinajstić information content (AvgIpc) is 3.30. The molecule has 0 aliphatic heterocycles. The summed E-state index contributed by atoms with van der Waals surface area (Å²) >= 11 is 1.53. The lowest BCUT2D eigenvalue weighted by Gasteiger charge is -2.21. The zero-order valence-electron chi connectivity index (χ0n) is 18.9. The fourth-order valence-corrected chi connectivity index (χ4v) is 4.72. The van der Waals surface area contributed by atoms with Gasteiger partial charge in [0.15, 0.2) is 0 Å². The van der Waals surface area contributed by atoms with Crippen molar-refractivity contribution in [1.82, 2.24) is 24.5 Å². The highest BCUT2D eigenvalue weighted by Gasteiger charge is 2.22. The van der Waals surface area contributed by atoms with E-state index in [0.717, 1.165) is 15.4 Å². The van der Waals surface area contributed by atoms with Crippen LogP contribution in [0.4, 0.5) is 11.8 Å². The summed E-state index contributed by atoms with van der Waals surface area (Å²) in [5.74, 6) is 0.776. The number of benzene rings is 2. The fraction of sp³-hybridized carbons (Fsp3) is 0.120. The van der Waals surface area contributed by atoms with Crippen molar-refractivity contribution in [3.63, 3.8) is 0 Å². The SMILES string of the molecule is Cc1ncc(-c2cccc3nc(C(C)Nc4nc(N)ncc4C#N)n(-c4ccccc4)c(=O)c23)s1. The van der Waals surface area contributed by atoms with Crippen LogP contribution in [0.15, 0.2) is 65.7 Å². The van der Waals surface area contributed by atoms with E-state index in [0.29, 0.717) is 22.4 Å². The van der Waals surface area contributed by atoms with Crippen molar-refractivity contribution in [3.8, 4) is 22.2 Å². The first-order valence-electron chi connectivity index (χ1n) is 10.8. The van der Waals surface area contributed by atoms with Crippen LogP contribution in [0, 0.1) is 18.3 Å². The summed E-state index contributed by atoms with van der Waals surface area (Å²) in [5.41, 5.74) is 7.81. The number of aromatic nitrogens is 5. The van der Waals surface area contributed by atoms with E-state index in [1.54, 1.807) is 10.8 Å². The lowest BCUT2D eigenvalue weighted by atomic mass is 10.1. The van der Waals surface area contributed by atoms with Gasteiger partial charge in [0, 0.05) is 11.8 Å². The van der Waals surface area contributed by atoms with E-state index in [2.05, 4.69) is 26.3 Å². The Morgan fingerprint density at radius 2 is 1.89 bits per heavy atom. The minimum Gasteiger partial charge on any atom is -0.368 e. The van der Waals surface area contributed by atoms with Crippen LogP contribution in [0.3, 0.4) is 0 Å². The highest BCUT2D eigenvalue weighted by atomic mass is 32.1. The molecule has 3 aromatic heterocycles. The summed E-state index contributed by atoms with van der Waals surface area (Å²) in [7, 11) is 0. The molecule has 5 aromatic rings. The number of nitrogens with zero attached hydrogens (tertiary/aromatic N) is 6. The van der Waals surface area contributed by atoms with Gasteiger partial charge in [0.05, 0.1) is 38.7 Å². The Bertz CT molecular complexity index is 1650. The molecule has 0 spiro atoms. The van der Waals surface area contributed by atoms with Crippen LogP contribution in [0.25, 0.3) is 27.0 Å². The highest BCUT2D eigenvalue weighted by molar-refractivity contribution is 7.15. The molecule has 172 valence electrons. The van der Waals surface area contributed by atoms with Crippen LogP contribution >= 0.6 is 11.3 Å².